The van der Waals surface area contributed by atoms with E-state index >= 15 is 0 Å². The maximum absolute atomic E-state index is 12.9. The summed E-state index contributed by atoms with van der Waals surface area (Å²) in [4.78, 5) is 12.1. The van der Waals surface area contributed by atoms with Crippen molar-refractivity contribution in [1.29, 1.82) is 0 Å². The van der Waals surface area contributed by atoms with Crippen LogP contribution in [0.25, 0.3) is 5.70 Å². The number of carbonyl (C=O) groups is 1. The molecule has 1 aromatic carbocycles. The quantitative estimate of drug-likeness (QED) is 0.475. The molecule has 0 saturated carbocycles. The summed E-state index contributed by atoms with van der Waals surface area (Å²) in [6.07, 6.45) is 7.40. The van der Waals surface area contributed by atoms with Crippen molar-refractivity contribution in [2.24, 2.45) is 5.92 Å². The number of hydrogen-bond donors (Lipinski definition) is 1. The second kappa shape index (κ2) is 10.6. The molecule has 0 atom stereocenters. The summed E-state index contributed by atoms with van der Waals surface area (Å²) in [6.45, 7) is 14.4. The van der Waals surface area contributed by atoms with Gasteiger partial charge >= 0.3 is 0 Å². The molecule has 1 aliphatic heterocycles. The van der Waals surface area contributed by atoms with Gasteiger partial charge in [-0.25, -0.2) is 8.42 Å². The van der Waals surface area contributed by atoms with E-state index in [0.717, 1.165) is 34.4 Å². The van der Waals surface area contributed by atoms with Crippen LogP contribution in [-0.4, -0.2) is 14.2 Å². The zero-order valence-electron chi connectivity index (χ0n) is 18.3. The number of nitrogens with one attached hydrogen (secondary N) is 1. The van der Waals surface area contributed by atoms with Crippen LogP contribution in [0, 0.1) is 5.92 Å². The molecule has 0 saturated heterocycles. The minimum Gasteiger partial charge on any atom is -0.381 e. The molecule has 4 nitrogen and oxygen atoms in total. The van der Waals surface area contributed by atoms with E-state index in [2.05, 4.69) is 32.3 Å². The first-order chi connectivity index (χ1) is 14.1. The molecule has 162 valence electrons. The predicted molar refractivity (Wildman–Crippen MR) is 125 cm³/mol. The van der Waals surface area contributed by atoms with Crippen molar-refractivity contribution in [2.75, 3.05) is 0 Å². The third kappa shape index (κ3) is 6.84. The highest BCUT2D eigenvalue weighted by molar-refractivity contribution is 7.94. The standard InChI is InChI=1S/C25H33NO3S/c1-6-24(13-9-19(4)8-12-23(27)11-7-18(2)3)30(28,29)17-21-10-14-25-20(5)26-16-22(25)15-21/h6,9-10,13-15,18,26H,1,5,7-8,11-12,16-17H2,2-4H3/b19-9+,24-13+. The lowest BCUT2D eigenvalue weighted by atomic mass is 10.0. The van der Waals surface area contributed by atoms with E-state index in [1.54, 1.807) is 12.2 Å². The molecule has 0 bridgehead atoms. The Kier molecular flexibility index (Phi) is 8.42. The molecule has 1 N–H and O–H groups in total. The van der Waals surface area contributed by atoms with Gasteiger partial charge in [0.25, 0.3) is 0 Å². The van der Waals surface area contributed by atoms with Gasteiger partial charge in [0.2, 0.25) is 0 Å². The maximum atomic E-state index is 12.9. The van der Waals surface area contributed by atoms with Gasteiger partial charge < -0.3 is 5.32 Å². The van der Waals surface area contributed by atoms with Gasteiger partial charge in [-0.3, -0.25) is 4.79 Å². The van der Waals surface area contributed by atoms with E-state index in [9.17, 15) is 13.2 Å². The molecule has 0 radical (unpaired) electrons. The van der Waals surface area contributed by atoms with Gasteiger partial charge in [-0.05, 0) is 42.9 Å². The third-order valence-electron chi connectivity index (χ3n) is 5.23. The first-order valence-electron chi connectivity index (χ1n) is 10.4. The van der Waals surface area contributed by atoms with Crippen LogP contribution < -0.4 is 5.32 Å². The molecule has 0 amide bonds. The van der Waals surface area contributed by atoms with Gasteiger partial charge in [-0.15, -0.1) is 0 Å². The first-order valence-corrected chi connectivity index (χ1v) is 12.1. The van der Waals surface area contributed by atoms with Crippen LogP contribution in [0.5, 0.6) is 0 Å². The summed E-state index contributed by atoms with van der Waals surface area (Å²) >= 11 is 0. The van der Waals surface area contributed by atoms with Crippen LogP contribution >= 0.6 is 0 Å². The number of carbonyl (C=O) groups excluding carboxylic acids is 1. The zero-order valence-corrected chi connectivity index (χ0v) is 19.1. The molecule has 30 heavy (non-hydrogen) atoms. The van der Waals surface area contributed by atoms with Crippen molar-refractivity contribution in [3.05, 3.63) is 76.8 Å². The van der Waals surface area contributed by atoms with Gasteiger partial charge in [0.05, 0.1) is 10.7 Å². The number of ketones is 1. The van der Waals surface area contributed by atoms with Crippen molar-refractivity contribution >= 4 is 21.3 Å². The summed E-state index contributed by atoms with van der Waals surface area (Å²) in [5.74, 6) is 0.700. The summed E-state index contributed by atoms with van der Waals surface area (Å²) in [7, 11) is -3.51. The molecule has 1 aromatic rings. The topological polar surface area (TPSA) is 63.2 Å². The van der Waals surface area contributed by atoms with Crippen LogP contribution in [0.1, 0.15) is 63.1 Å². The fourth-order valence-electron chi connectivity index (χ4n) is 3.30. The number of hydrogen-bond acceptors (Lipinski definition) is 4. The van der Waals surface area contributed by atoms with E-state index < -0.39 is 9.84 Å². The molecule has 1 heterocycles. The molecule has 2 rings (SSSR count). The highest BCUT2D eigenvalue weighted by Crippen LogP contribution is 2.26. The lowest BCUT2D eigenvalue weighted by Crippen LogP contribution is -2.06. The van der Waals surface area contributed by atoms with Gasteiger partial charge in [-0.2, -0.15) is 0 Å². The second-order valence-corrected chi connectivity index (χ2v) is 10.3. The molecule has 0 unspecified atom stereocenters. The smallest absolute Gasteiger partial charge is 0.182 e. The monoisotopic (exact) mass is 427 g/mol. The van der Waals surface area contributed by atoms with Crippen molar-refractivity contribution in [3.63, 3.8) is 0 Å². The molecule has 0 spiro atoms. The number of Topliss-reactive ketones (excluding diaryl/α,β-unsaturated/α-hetero) is 1. The van der Waals surface area contributed by atoms with Gasteiger partial charge in [0, 0.05) is 30.6 Å². The van der Waals surface area contributed by atoms with Crippen LogP contribution in [0.4, 0.5) is 0 Å². The van der Waals surface area contributed by atoms with Crippen LogP contribution in [0.2, 0.25) is 0 Å². The van der Waals surface area contributed by atoms with Crippen molar-refractivity contribution in [1.82, 2.24) is 5.32 Å². The Labute approximate surface area is 181 Å². The average molecular weight is 428 g/mol. The van der Waals surface area contributed by atoms with Crippen molar-refractivity contribution < 1.29 is 13.2 Å². The predicted octanol–water partition coefficient (Wildman–Crippen LogP) is 5.48. The number of fused-ring (bicyclic) bond motifs is 1. The lowest BCUT2D eigenvalue weighted by molar-refractivity contribution is -0.119. The first kappa shape index (κ1) is 23.9. The molecule has 0 aromatic heterocycles. The van der Waals surface area contributed by atoms with Crippen LogP contribution in [0.3, 0.4) is 0 Å². The third-order valence-corrected chi connectivity index (χ3v) is 6.97. The molecule has 0 aliphatic carbocycles. The average Bonchev–Trinajstić information content (AvgIpc) is 3.04. The van der Waals surface area contributed by atoms with Crippen LogP contribution in [-0.2, 0) is 26.9 Å². The highest BCUT2D eigenvalue weighted by atomic mass is 32.2. The van der Waals surface area contributed by atoms with E-state index in [1.165, 1.54) is 6.08 Å². The second-order valence-electron chi connectivity index (χ2n) is 8.34. The number of benzene rings is 1. The van der Waals surface area contributed by atoms with E-state index in [-0.39, 0.29) is 16.4 Å². The summed E-state index contributed by atoms with van der Waals surface area (Å²) < 4.78 is 25.7. The molecular weight excluding hydrogens is 394 g/mol. The Bertz CT molecular complexity index is 982. The minimum absolute atomic E-state index is 0.0782. The number of rotatable bonds is 11. The van der Waals surface area contributed by atoms with Crippen LogP contribution in [0.15, 0.2) is 60.1 Å². The van der Waals surface area contributed by atoms with Gasteiger partial charge in [0.15, 0.2) is 9.84 Å². The largest absolute Gasteiger partial charge is 0.381 e. The van der Waals surface area contributed by atoms with Crippen molar-refractivity contribution in [3.8, 4) is 0 Å². The summed E-state index contributed by atoms with van der Waals surface area (Å²) in [5.41, 5.74) is 4.69. The fourth-order valence-corrected chi connectivity index (χ4v) is 4.61. The molecular formula is C25H33NO3S. The maximum Gasteiger partial charge on any atom is 0.182 e. The Hall–Kier alpha value is -2.40. The van der Waals surface area contributed by atoms with E-state index in [0.29, 0.717) is 31.7 Å². The lowest BCUT2D eigenvalue weighted by Gasteiger charge is -2.07. The van der Waals surface area contributed by atoms with Gasteiger partial charge in [-0.1, -0.05) is 62.9 Å². The number of sulfone groups is 1. The SMILES string of the molecule is C=C/C(=C\C=C(/C)CCC(=O)CCC(C)C)S(=O)(=O)Cc1ccc2c(c1)CNC2=C. The Balaban J connectivity index is 2.03. The highest BCUT2D eigenvalue weighted by Gasteiger charge is 2.19. The molecule has 0 fully saturated rings. The van der Waals surface area contributed by atoms with E-state index in [1.807, 2.05) is 25.1 Å². The molecule has 5 heteroatoms. The fraction of sp³-hybridized carbons (Fsp3) is 0.400. The zero-order chi connectivity index (χ0) is 22.3. The van der Waals surface area contributed by atoms with Crippen molar-refractivity contribution in [2.45, 2.75) is 58.8 Å². The Morgan fingerprint density at radius 3 is 2.60 bits per heavy atom. The normalized spacial score (nSPS) is 14.6. The summed E-state index contributed by atoms with van der Waals surface area (Å²) in [6, 6.07) is 5.67. The Morgan fingerprint density at radius 1 is 1.20 bits per heavy atom. The number of allylic oxidation sites excluding steroid dienone is 4. The van der Waals surface area contributed by atoms with E-state index in [4.69, 9.17) is 0 Å². The molecule has 1 aliphatic rings. The van der Waals surface area contributed by atoms with Gasteiger partial charge in [0.1, 0.15) is 5.78 Å². The minimum atomic E-state index is -3.51. The Morgan fingerprint density at radius 2 is 1.93 bits per heavy atom. The summed E-state index contributed by atoms with van der Waals surface area (Å²) in [5, 5.41) is 3.17.